The van der Waals surface area contributed by atoms with E-state index in [1.165, 1.54) is 128 Å². The summed E-state index contributed by atoms with van der Waals surface area (Å²) in [6.07, 6.45) is 35.5. The van der Waals surface area contributed by atoms with Gasteiger partial charge in [-0.1, -0.05) is 155 Å². The summed E-state index contributed by atoms with van der Waals surface area (Å²) in [5.41, 5.74) is 0. The highest BCUT2D eigenvalue weighted by atomic mass is 16.5. The Morgan fingerprint density at radius 3 is 1.13 bits per heavy atom. The Balaban J connectivity index is 3.94. The van der Waals surface area contributed by atoms with Gasteiger partial charge in [0.25, 0.3) is 0 Å². The number of carboxylic acid groups (broad SMARTS) is 1. The summed E-state index contributed by atoms with van der Waals surface area (Å²) in [5.74, 6) is -0.653. The van der Waals surface area contributed by atoms with Crippen molar-refractivity contribution in [2.24, 2.45) is 0 Å². The number of hydrogen-bond acceptors (Lipinski definition) is 3. The zero-order chi connectivity index (χ0) is 28.7. The molecule has 4 heteroatoms. The van der Waals surface area contributed by atoms with Crippen molar-refractivity contribution in [1.29, 1.82) is 0 Å². The fourth-order valence-electron chi connectivity index (χ4n) is 5.48. The summed E-state index contributed by atoms with van der Waals surface area (Å²) < 4.78 is 5.98. The number of unbranched alkanes of at least 4 members (excludes halogenated alkanes) is 23. The van der Waals surface area contributed by atoms with Gasteiger partial charge in [0.05, 0.1) is 0 Å². The van der Waals surface area contributed by atoms with E-state index in [0.717, 1.165) is 51.4 Å². The van der Waals surface area contributed by atoms with Crippen LogP contribution in [0, 0.1) is 0 Å². The second-order valence-electron chi connectivity index (χ2n) is 12.1. The molecule has 0 fully saturated rings. The third kappa shape index (κ3) is 31.3. The number of rotatable bonds is 32. The zero-order valence-corrected chi connectivity index (χ0v) is 26.5. The molecule has 0 bridgehead atoms. The van der Waals surface area contributed by atoms with Gasteiger partial charge in [0.2, 0.25) is 0 Å². The van der Waals surface area contributed by atoms with Gasteiger partial charge in [-0.15, -0.1) is 0 Å². The number of carbonyl (C=O) groups excluding carboxylic acids is 1. The van der Waals surface area contributed by atoms with Gasteiger partial charge in [-0.3, -0.25) is 9.59 Å². The molecule has 4 nitrogen and oxygen atoms in total. The molecule has 0 heterocycles. The summed E-state index contributed by atoms with van der Waals surface area (Å²) in [4.78, 5) is 23.1. The molecule has 0 aromatic heterocycles. The van der Waals surface area contributed by atoms with Crippen LogP contribution in [0.4, 0.5) is 0 Å². The summed E-state index contributed by atoms with van der Waals surface area (Å²) >= 11 is 0. The van der Waals surface area contributed by atoms with Crippen molar-refractivity contribution in [1.82, 2.24) is 0 Å². The molecule has 0 rings (SSSR count). The van der Waals surface area contributed by atoms with E-state index in [2.05, 4.69) is 13.8 Å². The largest absolute Gasteiger partial charge is 0.481 e. The second-order valence-corrected chi connectivity index (χ2v) is 12.1. The van der Waals surface area contributed by atoms with Gasteiger partial charge in [0.15, 0.2) is 0 Å². The van der Waals surface area contributed by atoms with Crippen LogP contribution in [0.1, 0.15) is 206 Å². The Labute approximate surface area is 243 Å². The van der Waals surface area contributed by atoms with E-state index in [4.69, 9.17) is 9.84 Å². The monoisotopic (exact) mass is 553 g/mol. The van der Waals surface area contributed by atoms with Crippen LogP contribution in [0.25, 0.3) is 0 Å². The Bertz CT molecular complexity index is 519. The van der Waals surface area contributed by atoms with Crippen molar-refractivity contribution in [3.8, 4) is 0 Å². The quantitative estimate of drug-likeness (QED) is 0.0665. The van der Waals surface area contributed by atoms with Crippen molar-refractivity contribution in [2.75, 3.05) is 0 Å². The van der Waals surface area contributed by atoms with E-state index in [1.54, 1.807) is 0 Å². The number of hydrogen-bond donors (Lipinski definition) is 1. The first-order chi connectivity index (χ1) is 19.1. The van der Waals surface area contributed by atoms with Crippen LogP contribution >= 0.6 is 0 Å². The molecular weight excluding hydrogens is 484 g/mol. The molecule has 0 spiro atoms. The van der Waals surface area contributed by atoms with E-state index < -0.39 is 5.97 Å². The number of ether oxygens (including phenoxy) is 1. The van der Waals surface area contributed by atoms with Crippen LogP contribution in [0.5, 0.6) is 0 Å². The highest BCUT2D eigenvalue weighted by molar-refractivity contribution is 5.69. The first kappa shape index (κ1) is 37.9. The van der Waals surface area contributed by atoms with Crippen molar-refractivity contribution in [3.63, 3.8) is 0 Å². The lowest BCUT2D eigenvalue weighted by Crippen LogP contribution is -2.18. The molecular formula is C35H68O4. The third-order valence-corrected chi connectivity index (χ3v) is 8.08. The topological polar surface area (TPSA) is 63.6 Å². The predicted molar refractivity (Wildman–Crippen MR) is 167 cm³/mol. The number of esters is 1. The molecule has 0 aromatic carbocycles. The molecule has 0 amide bonds. The predicted octanol–water partition coefficient (Wildman–Crippen LogP) is 11.7. The standard InChI is InChI=1S/C35H68O4/c1-3-5-7-9-11-12-13-14-15-20-24-28-32-35(38)39-33(29-25-21-10-8-6-4-2)30-26-22-18-16-17-19-23-27-31-34(36)37/h33H,3-32H2,1-2H3,(H,36,37). The molecule has 0 aliphatic heterocycles. The summed E-state index contributed by atoms with van der Waals surface area (Å²) in [5, 5.41) is 8.71. The lowest BCUT2D eigenvalue weighted by atomic mass is 10.0. The van der Waals surface area contributed by atoms with Crippen LogP contribution in [0.2, 0.25) is 0 Å². The fraction of sp³-hybridized carbons (Fsp3) is 0.943. The lowest BCUT2D eigenvalue weighted by molar-refractivity contribution is -0.150. The van der Waals surface area contributed by atoms with E-state index >= 15 is 0 Å². The molecule has 1 atom stereocenters. The van der Waals surface area contributed by atoms with Crippen LogP contribution in [0.15, 0.2) is 0 Å². The van der Waals surface area contributed by atoms with Crippen molar-refractivity contribution in [3.05, 3.63) is 0 Å². The molecule has 1 N–H and O–H groups in total. The summed E-state index contributed by atoms with van der Waals surface area (Å²) in [6, 6.07) is 0. The highest BCUT2D eigenvalue weighted by Crippen LogP contribution is 2.19. The van der Waals surface area contributed by atoms with Gasteiger partial charge in [0.1, 0.15) is 6.10 Å². The lowest BCUT2D eigenvalue weighted by Gasteiger charge is -2.18. The first-order valence-corrected chi connectivity index (χ1v) is 17.5. The van der Waals surface area contributed by atoms with Crippen LogP contribution < -0.4 is 0 Å². The Morgan fingerprint density at radius 1 is 0.462 bits per heavy atom. The minimum Gasteiger partial charge on any atom is -0.481 e. The second kappa shape index (κ2) is 31.5. The van der Waals surface area contributed by atoms with Gasteiger partial charge >= 0.3 is 11.9 Å². The minimum absolute atomic E-state index is 0.0272. The van der Waals surface area contributed by atoms with Crippen LogP contribution in [0.3, 0.4) is 0 Å². The third-order valence-electron chi connectivity index (χ3n) is 8.08. The number of aliphatic carboxylic acids is 1. The normalized spacial score (nSPS) is 12.1. The maximum absolute atomic E-state index is 12.6. The SMILES string of the molecule is CCCCCCCCCCCCCCC(=O)OC(CCCCCCCC)CCCCCCCCCCC(=O)O. The van der Waals surface area contributed by atoms with Crippen molar-refractivity contribution < 1.29 is 19.4 Å². The maximum atomic E-state index is 12.6. The van der Waals surface area contributed by atoms with Gasteiger partial charge in [-0.25, -0.2) is 0 Å². The fourth-order valence-corrected chi connectivity index (χ4v) is 5.48. The maximum Gasteiger partial charge on any atom is 0.306 e. The number of carboxylic acids is 1. The van der Waals surface area contributed by atoms with Crippen LogP contribution in [-0.4, -0.2) is 23.1 Å². The van der Waals surface area contributed by atoms with Crippen LogP contribution in [-0.2, 0) is 14.3 Å². The van der Waals surface area contributed by atoms with Gasteiger partial charge in [0, 0.05) is 12.8 Å². The van der Waals surface area contributed by atoms with E-state index in [9.17, 15) is 9.59 Å². The molecule has 0 saturated heterocycles. The zero-order valence-electron chi connectivity index (χ0n) is 26.5. The van der Waals surface area contributed by atoms with E-state index in [-0.39, 0.29) is 12.1 Å². The average Bonchev–Trinajstić information content (AvgIpc) is 2.91. The molecule has 0 aliphatic carbocycles. The Hall–Kier alpha value is -1.06. The molecule has 39 heavy (non-hydrogen) atoms. The van der Waals surface area contributed by atoms with Gasteiger partial charge in [-0.05, 0) is 38.5 Å². The Morgan fingerprint density at radius 2 is 0.769 bits per heavy atom. The minimum atomic E-state index is -0.680. The average molecular weight is 553 g/mol. The number of carbonyl (C=O) groups is 2. The van der Waals surface area contributed by atoms with E-state index in [0.29, 0.717) is 12.8 Å². The molecule has 0 saturated carbocycles. The smallest absolute Gasteiger partial charge is 0.306 e. The molecule has 0 aromatic rings. The highest BCUT2D eigenvalue weighted by Gasteiger charge is 2.14. The van der Waals surface area contributed by atoms with E-state index in [1.807, 2.05) is 0 Å². The summed E-state index contributed by atoms with van der Waals surface area (Å²) in [7, 11) is 0. The van der Waals surface area contributed by atoms with Crippen molar-refractivity contribution >= 4 is 11.9 Å². The molecule has 1 unspecified atom stereocenters. The Kier molecular flexibility index (Phi) is 30.6. The molecule has 0 aliphatic rings. The first-order valence-electron chi connectivity index (χ1n) is 17.5. The van der Waals surface area contributed by atoms with Gasteiger partial charge < -0.3 is 9.84 Å². The molecule has 0 radical (unpaired) electrons. The van der Waals surface area contributed by atoms with Gasteiger partial charge in [-0.2, -0.15) is 0 Å². The molecule has 232 valence electrons. The summed E-state index contributed by atoms with van der Waals surface area (Å²) in [6.45, 7) is 4.53. The van der Waals surface area contributed by atoms with Crippen molar-refractivity contribution in [2.45, 2.75) is 213 Å².